The van der Waals surface area contributed by atoms with Crippen LogP contribution in [0.25, 0.3) is 0 Å². The third-order valence-corrected chi connectivity index (χ3v) is 4.84. The Kier molecular flexibility index (Phi) is 4.44. The van der Waals surface area contributed by atoms with Gasteiger partial charge in [0.15, 0.2) is 0 Å². The lowest BCUT2D eigenvalue weighted by Crippen LogP contribution is -2.37. The van der Waals surface area contributed by atoms with Gasteiger partial charge in [-0.1, -0.05) is 24.3 Å². The molecule has 0 bridgehead atoms. The first kappa shape index (κ1) is 17.0. The fraction of sp³-hybridized carbons (Fsp3) is 0.316. The van der Waals surface area contributed by atoms with Crippen molar-refractivity contribution in [2.75, 3.05) is 16.8 Å². The first-order valence-corrected chi connectivity index (χ1v) is 8.27. The zero-order valence-corrected chi connectivity index (χ0v) is 14.6. The molecule has 1 aliphatic rings. The molecule has 3 rings (SSSR count). The molecule has 0 unspecified atom stereocenters. The number of amides is 1. The number of nitro groups is 1. The molecule has 0 spiro atoms. The number of nitro benzene ring substituents is 1. The van der Waals surface area contributed by atoms with E-state index in [1.165, 1.54) is 11.6 Å². The van der Waals surface area contributed by atoms with E-state index in [1.54, 1.807) is 13.0 Å². The molecule has 1 N–H and O–H groups in total. The van der Waals surface area contributed by atoms with Crippen molar-refractivity contribution in [3.05, 3.63) is 63.2 Å². The Balaban J connectivity index is 1.83. The summed E-state index contributed by atoms with van der Waals surface area (Å²) in [6, 6.07) is 11.4. The minimum absolute atomic E-state index is 0.0775. The number of fused-ring (bicyclic) bond motifs is 1. The number of aryl methyl sites for hydroxylation is 1. The lowest BCUT2D eigenvalue weighted by molar-refractivity contribution is -0.384. The van der Waals surface area contributed by atoms with Crippen LogP contribution >= 0.6 is 0 Å². The van der Waals surface area contributed by atoms with Crippen LogP contribution < -0.4 is 10.2 Å². The molecule has 0 saturated heterocycles. The number of carbonyl (C=O) groups is 1. The van der Waals surface area contributed by atoms with Gasteiger partial charge in [0.05, 0.1) is 11.5 Å². The molecule has 1 aliphatic heterocycles. The van der Waals surface area contributed by atoms with Crippen molar-refractivity contribution in [2.24, 2.45) is 0 Å². The van der Waals surface area contributed by atoms with Gasteiger partial charge in [0.25, 0.3) is 5.69 Å². The number of hydrogen-bond acceptors (Lipinski definition) is 4. The summed E-state index contributed by atoms with van der Waals surface area (Å²) in [5.41, 5.74) is 4.11. The maximum Gasteiger partial charge on any atom is 0.293 e. The SMILES string of the molecule is Cc1ccc([N+](=O)[O-])c(NC(=O)CN2c3ccccc3C[C@@H]2C)c1C. The molecule has 1 atom stereocenters. The van der Waals surface area contributed by atoms with Gasteiger partial charge in [-0.25, -0.2) is 0 Å². The molecule has 1 amide bonds. The predicted octanol–water partition coefficient (Wildman–Crippen LogP) is 3.60. The summed E-state index contributed by atoms with van der Waals surface area (Å²) in [5, 5.41) is 14.0. The van der Waals surface area contributed by atoms with Gasteiger partial charge in [-0.2, -0.15) is 0 Å². The van der Waals surface area contributed by atoms with E-state index in [9.17, 15) is 14.9 Å². The van der Waals surface area contributed by atoms with E-state index in [-0.39, 0.29) is 29.9 Å². The Morgan fingerprint density at radius 1 is 1.28 bits per heavy atom. The standard InChI is InChI=1S/C19H21N3O3/c1-12-8-9-17(22(24)25)19(14(12)3)20-18(23)11-21-13(2)10-15-6-4-5-7-16(15)21/h4-9,13H,10-11H2,1-3H3,(H,20,23)/t13-/m0/s1. The maximum absolute atomic E-state index is 12.6. The number of rotatable bonds is 4. The number of nitrogens with zero attached hydrogens (tertiary/aromatic N) is 2. The average Bonchev–Trinajstić information content (AvgIpc) is 2.87. The molecule has 2 aromatic carbocycles. The molecule has 0 aliphatic carbocycles. The summed E-state index contributed by atoms with van der Waals surface area (Å²) in [5.74, 6) is -0.250. The van der Waals surface area contributed by atoms with Gasteiger partial charge in [-0.05, 0) is 49.9 Å². The van der Waals surface area contributed by atoms with Crippen molar-refractivity contribution in [1.82, 2.24) is 0 Å². The maximum atomic E-state index is 12.6. The largest absolute Gasteiger partial charge is 0.359 e. The van der Waals surface area contributed by atoms with Gasteiger partial charge < -0.3 is 10.2 Å². The lowest BCUT2D eigenvalue weighted by Gasteiger charge is -2.24. The summed E-state index contributed by atoms with van der Waals surface area (Å²) < 4.78 is 0. The van der Waals surface area contributed by atoms with E-state index >= 15 is 0 Å². The highest BCUT2D eigenvalue weighted by Gasteiger charge is 2.28. The van der Waals surface area contributed by atoms with Crippen LogP contribution in [0.3, 0.4) is 0 Å². The highest BCUT2D eigenvalue weighted by Crippen LogP contribution is 2.33. The number of anilines is 2. The quantitative estimate of drug-likeness (QED) is 0.682. The second-order valence-electron chi connectivity index (χ2n) is 6.52. The first-order chi connectivity index (χ1) is 11.9. The molecule has 0 radical (unpaired) electrons. The van der Waals surface area contributed by atoms with Crippen molar-refractivity contribution in [3.8, 4) is 0 Å². The summed E-state index contributed by atoms with van der Waals surface area (Å²) >= 11 is 0. The smallest absolute Gasteiger partial charge is 0.293 e. The normalized spacial score (nSPS) is 15.8. The van der Waals surface area contributed by atoms with Crippen LogP contribution in [-0.2, 0) is 11.2 Å². The summed E-state index contributed by atoms with van der Waals surface area (Å²) in [7, 11) is 0. The highest BCUT2D eigenvalue weighted by molar-refractivity contribution is 5.97. The van der Waals surface area contributed by atoms with Gasteiger partial charge in [-0.15, -0.1) is 0 Å². The molecular formula is C19H21N3O3. The Hall–Kier alpha value is -2.89. The monoisotopic (exact) mass is 339 g/mol. The van der Waals surface area contributed by atoms with Crippen molar-refractivity contribution in [1.29, 1.82) is 0 Å². The second-order valence-corrected chi connectivity index (χ2v) is 6.52. The molecule has 0 fully saturated rings. The molecule has 6 heteroatoms. The third-order valence-electron chi connectivity index (χ3n) is 4.84. The van der Waals surface area contributed by atoms with Crippen molar-refractivity contribution < 1.29 is 9.72 Å². The minimum Gasteiger partial charge on any atom is -0.359 e. The predicted molar refractivity (Wildman–Crippen MR) is 98.2 cm³/mol. The van der Waals surface area contributed by atoms with Crippen LogP contribution in [0.4, 0.5) is 17.1 Å². The van der Waals surface area contributed by atoms with E-state index < -0.39 is 4.92 Å². The van der Waals surface area contributed by atoms with Crippen molar-refractivity contribution in [2.45, 2.75) is 33.2 Å². The average molecular weight is 339 g/mol. The Morgan fingerprint density at radius 3 is 2.72 bits per heavy atom. The van der Waals surface area contributed by atoms with Crippen molar-refractivity contribution >= 4 is 23.0 Å². The van der Waals surface area contributed by atoms with E-state index in [1.807, 2.05) is 30.0 Å². The Morgan fingerprint density at radius 2 is 2.00 bits per heavy atom. The van der Waals surface area contributed by atoms with Gasteiger partial charge >= 0.3 is 0 Å². The first-order valence-electron chi connectivity index (χ1n) is 8.27. The summed E-state index contributed by atoms with van der Waals surface area (Å²) in [6.07, 6.45) is 0.896. The van der Waals surface area contributed by atoms with Gasteiger partial charge in [-0.3, -0.25) is 14.9 Å². The fourth-order valence-electron chi connectivity index (χ4n) is 3.32. The zero-order chi connectivity index (χ0) is 18.1. The van der Waals surface area contributed by atoms with Gasteiger partial charge in [0.1, 0.15) is 5.69 Å². The highest BCUT2D eigenvalue weighted by atomic mass is 16.6. The Labute approximate surface area is 146 Å². The minimum atomic E-state index is -0.462. The molecule has 25 heavy (non-hydrogen) atoms. The number of para-hydroxylation sites is 1. The number of benzene rings is 2. The third kappa shape index (κ3) is 3.20. The number of carbonyl (C=O) groups excluding carboxylic acids is 1. The van der Waals surface area contributed by atoms with Crippen molar-refractivity contribution in [3.63, 3.8) is 0 Å². The zero-order valence-electron chi connectivity index (χ0n) is 14.6. The summed E-state index contributed by atoms with van der Waals surface area (Å²) in [6.45, 7) is 5.90. The van der Waals surface area contributed by atoms with E-state index in [0.717, 1.165) is 23.2 Å². The molecular weight excluding hydrogens is 318 g/mol. The number of nitrogens with one attached hydrogen (secondary N) is 1. The molecule has 1 heterocycles. The van der Waals surface area contributed by atoms with Crippen LogP contribution in [0.2, 0.25) is 0 Å². The van der Waals surface area contributed by atoms with E-state index in [2.05, 4.69) is 18.3 Å². The molecule has 130 valence electrons. The van der Waals surface area contributed by atoms with E-state index in [0.29, 0.717) is 0 Å². The van der Waals surface area contributed by atoms with Crippen LogP contribution in [0, 0.1) is 24.0 Å². The molecule has 6 nitrogen and oxygen atoms in total. The van der Waals surface area contributed by atoms with E-state index in [4.69, 9.17) is 0 Å². The summed E-state index contributed by atoms with van der Waals surface area (Å²) in [4.78, 5) is 25.4. The van der Waals surface area contributed by atoms with Crippen LogP contribution in [0.1, 0.15) is 23.6 Å². The van der Waals surface area contributed by atoms with Crippen LogP contribution in [0.5, 0.6) is 0 Å². The molecule has 0 saturated carbocycles. The van der Waals surface area contributed by atoms with Gasteiger partial charge in [0.2, 0.25) is 5.91 Å². The molecule has 2 aromatic rings. The van der Waals surface area contributed by atoms with Crippen LogP contribution in [-0.4, -0.2) is 23.4 Å². The lowest BCUT2D eigenvalue weighted by atomic mass is 10.1. The van der Waals surface area contributed by atoms with Gasteiger partial charge in [0, 0.05) is 17.8 Å². The number of hydrogen-bond donors (Lipinski definition) is 1. The second kappa shape index (κ2) is 6.55. The fourth-order valence-corrected chi connectivity index (χ4v) is 3.32. The molecule has 0 aromatic heterocycles. The topological polar surface area (TPSA) is 75.5 Å². The van der Waals surface area contributed by atoms with Crippen LogP contribution in [0.15, 0.2) is 36.4 Å². The Bertz CT molecular complexity index is 848.